The zero-order chi connectivity index (χ0) is 11.0. The Morgan fingerprint density at radius 3 is 3.25 bits per heavy atom. The lowest BCUT2D eigenvalue weighted by Crippen LogP contribution is -2.04. The molecule has 2 nitrogen and oxygen atoms in total. The van der Waals surface area contributed by atoms with Gasteiger partial charge in [0.05, 0.1) is 16.1 Å². The number of fused-ring (bicyclic) bond motifs is 3. The van der Waals surface area contributed by atoms with E-state index in [1.165, 1.54) is 27.4 Å². The fraction of sp³-hybridized carbons (Fsp3) is 0.308. The van der Waals surface area contributed by atoms with Crippen LogP contribution in [0.1, 0.15) is 18.2 Å². The monoisotopic (exact) mass is 230 g/mol. The van der Waals surface area contributed by atoms with E-state index < -0.39 is 0 Å². The molecule has 2 aromatic rings. The van der Waals surface area contributed by atoms with Gasteiger partial charge >= 0.3 is 0 Å². The zero-order valence-electron chi connectivity index (χ0n) is 9.29. The van der Waals surface area contributed by atoms with Gasteiger partial charge in [0.1, 0.15) is 0 Å². The van der Waals surface area contributed by atoms with E-state index in [1.807, 2.05) is 5.51 Å². The third kappa shape index (κ3) is 1.43. The lowest BCUT2D eigenvalue weighted by Gasteiger charge is -2.12. The molecule has 1 aliphatic heterocycles. The zero-order valence-corrected chi connectivity index (χ0v) is 10.1. The Bertz CT molecular complexity index is 516. The number of hydrogen-bond acceptors (Lipinski definition) is 3. The molecule has 0 unspecified atom stereocenters. The molecule has 0 fully saturated rings. The fourth-order valence-corrected chi connectivity index (χ4v) is 3.14. The number of nitrogens with zero attached hydrogens (tertiary/aromatic N) is 1. The number of para-hydroxylation sites is 1. The number of hydrogen-bond donors (Lipinski definition) is 1. The van der Waals surface area contributed by atoms with Crippen LogP contribution < -0.4 is 5.32 Å². The van der Waals surface area contributed by atoms with Crippen LogP contribution in [0.5, 0.6) is 0 Å². The SMILES string of the molecule is CCc1cccc2c1NCCc1ncsc1-2. The predicted molar refractivity (Wildman–Crippen MR) is 69.1 cm³/mol. The van der Waals surface area contributed by atoms with Crippen molar-refractivity contribution in [2.45, 2.75) is 19.8 Å². The lowest BCUT2D eigenvalue weighted by molar-refractivity contribution is 0.985. The molecule has 0 saturated heterocycles. The van der Waals surface area contributed by atoms with Crippen molar-refractivity contribution in [3.05, 3.63) is 35.0 Å². The van der Waals surface area contributed by atoms with E-state index in [0.29, 0.717) is 0 Å². The summed E-state index contributed by atoms with van der Waals surface area (Å²) in [6.07, 6.45) is 2.10. The second-order valence-corrected chi connectivity index (χ2v) is 4.85. The van der Waals surface area contributed by atoms with Crippen LogP contribution in [0.4, 0.5) is 5.69 Å². The molecule has 0 amide bonds. The first-order valence-corrected chi connectivity index (χ1v) is 6.56. The van der Waals surface area contributed by atoms with E-state index in [1.54, 1.807) is 11.3 Å². The molecule has 0 aliphatic carbocycles. The third-order valence-corrected chi connectivity index (χ3v) is 3.98. The summed E-state index contributed by atoms with van der Waals surface area (Å²) in [7, 11) is 0. The molecule has 1 aromatic heterocycles. The van der Waals surface area contributed by atoms with Crippen LogP contribution in [0.2, 0.25) is 0 Å². The van der Waals surface area contributed by atoms with Gasteiger partial charge in [0.15, 0.2) is 0 Å². The Balaban J connectivity index is 2.25. The molecule has 1 N–H and O–H groups in total. The highest BCUT2D eigenvalue weighted by atomic mass is 32.1. The van der Waals surface area contributed by atoms with Crippen LogP contribution in [0.25, 0.3) is 10.4 Å². The summed E-state index contributed by atoms with van der Waals surface area (Å²) in [6, 6.07) is 6.55. The Morgan fingerprint density at radius 1 is 1.44 bits per heavy atom. The van der Waals surface area contributed by atoms with Crippen molar-refractivity contribution in [2.24, 2.45) is 0 Å². The Hall–Kier alpha value is -1.35. The molecule has 3 rings (SSSR count). The third-order valence-electron chi connectivity index (χ3n) is 3.08. The summed E-state index contributed by atoms with van der Waals surface area (Å²) in [5, 5.41) is 3.54. The molecule has 16 heavy (non-hydrogen) atoms. The molecule has 82 valence electrons. The van der Waals surface area contributed by atoms with Gasteiger partial charge in [-0.15, -0.1) is 11.3 Å². The first kappa shape index (κ1) is 9.85. The highest BCUT2D eigenvalue weighted by Crippen LogP contribution is 2.37. The Kier molecular flexibility index (Phi) is 2.40. The van der Waals surface area contributed by atoms with E-state index >= 15 is 0 Å². The Morgan fingerprint density at radius 2 is 2.38 bits per heavy atom. The van der Waals surface area contributed by atoms with Crippen LogP contribution in [-0.4, -0.2) is 11.5 Å². The molecule has 2 heterocycles. The van der Waals surface area contributed by atoms with E-state index in [-0.39, 0.29) is 0 Å². The lowest BCUT2D eigenvalue weighted by atomic mass is 10.0. The average Bonchev–Trinajstić information content (AvgIpc) is 2.71. The fourth-order valence-electron chi connectivity index (χ4n) is 2.26. The normalized spacial score (nSPS) is 13.6. The number of aryl methyl sites for hydroxylation is 1. The van der Waals surface area contributed by atoms with Crippen LogP contribution in [0, 0.1) is 0 Å². The van der Waals surface area contributed by atoms with Gasteiger partial charge in [-0.2, -0.15) is 0 Å². The molecule has 0 bridgehead atoms. The maximum atomic E-state index is 4.45. The van der Waals surface area contributed by atoms with Gasteiger partial charge in [0.25, 0.3) is 0 Å². The van der Waals surface area contributed by atoms with Gasteiger partial charge in [-0.25, -0.2) is 4.98 Å². The van der Waals surface area contributed by atoms with E-state index in [4.69, 9.17) is 0 Å². The van der Waals surface area contributed by atoms with E-state index in [0.717, 1.165) is 19.4 Å². The molecular weight excluding hydrogens is 216 g/mol. The first-order valence-electron chi connectivity index (χ1n) is 5.68. The van der Waals surface area contributed by atoms with Crippen molar-refractivity contribution < 1.29 is 0 Å². The molecule has 0 spiro atoms. The minimum Gasteiger partial charge on any atom is -0.384 e. The summed E-state index contributed by atoms with van der Waals surface area (Å²) < 4.78 is 0. The van der Waals surface area contributed by atoms with Gasteiger partial charge in [-0.1, -0.05) is 25.1 Å². The molecule has 1 aromatic carbocycles. The standard InChI is InChI=1S/C13H14N2S/c1-2-9-4-3-5-10-12(9)14-7-6-11-13(10)16-8-15-11/h3-5,8,14H,2,6-7H2,1H3. The Labute approximate surface area is 99.4 Å². The van der Waals surface area contributed by atoms with Crippen molar-refractivity contribution >= 4 is 17.0 Å². The molecule has 1 aliphatic rings. The first-order chi connectivity index (χ1) is 7.90. The topological polar surface area (TPSA) is 24.9 Å². The average molecular weight is 230 g/mol. The van der Waals surface area contributed by atoms with E-state index in [9.17, 15) is 0 Å². The minimum atomic E-state index is 0.987. The summed E-state index contributed by atoms with van der Waals surface area (Å²) in [5.41, 5.74) is 7.24. The molecular formula is C13H14N2S. The summed E-state index contributed by atoms with van der Waals surface area (Å²) in [5.74, 6) is 0. The van der Waals surface area contributed by atoms with Gasteiger partial charge < -0.3 is 5.32 Å². The quantitative estimate of drug-likeness (QED) is 0.812. The van der Waals surface area contributed by atoms with E-state index in [2.05, 4.69) is 35.4 Å². The van der Waals surface area contributed by atoms with Crippen molar-refractivity contribution in [3.8, 4) is 10.4 Å². The second kappa shape index (κ2) is 3.91. The van der Waals surface area contributed by atoms with Crippen molar-refractivity contribution in [3.63, 3.8) is 0 Å². The molecule has 0 radical (unpaired) electrons. The summed E-state index contributed by atoms with van der Waals surface area (Å²) in [6.45, 7) is 3.19. The number of rotatable bonds is 1. The number of thiazole rings is 1. The molecule has 0 atom stereocenters. The van der Waals surface area contributed by atoms with Crippen molar-refractivity contribution in [2.75, 3.05) is 11.9 Å². The maximum absolute atomic E-state index is 4.45. The van der Waals surface area contributed by atoms with Gasteiger partial charge in [0, 0.05) is 24.2 Å². The van der Waals surface area contributed by atoms with Gasteiger partial charge in [0.2, 0.25) is 0 Å². The van der Waals surface area contributed by atoms with Crippen LogP contribution in [0.15, 0.2) is 23.7 Å². The smallest absolute Gasteiger partial charge is 0.0801 e. The number of anilines is 1. The largest absolute Gasteiger partial charge is 0.384 e. The van der Waals surface area contributed by atoms with Crippen LogP contribution >= 0.6 is 11.3 Å². The minimum absolute atomic E-state index is 0.987. The predicted octanol–water partition coefficient (Wildman–Crippen LogP) is 3.34. The van der Waals surface area contributed by atoms with Crippen molar-refractivity contribution in [1.82, 2.24) is 4.98 Å². The maximum Gasteiger partial charge on any atom is 0.0801 e. The number of benzene rings is 1. The second-order valence-electron chi connectivity index (χ2n) is 4.00. The molecule has 0 saturated carbocycles. The van der Waals surface area contributed by atoms with Gasteiger partial charge in [-0.05, 0) is 12.0 Å². The summed E-state index contributed by atoms with van der Waals surface area (Å²) >= 11 is 1.75. The molecule has 3 heteroatoms. The van der Waals surface area contributed by atoms with Gasteiger partial charge in [-0.3, -0.25) is 0 Å². The summed E-state index contributed by atoms with van der Waals surface area (Å²) in [4.78, 5) is 5.79. The van der Waals surface area contributed by atoms with Crippen LogP contribution in [-0.2, 0) is 12.8 Å². The number of aromatic nitrogens is 1. The number of nitrogens with one attached hydrogen (secondary N) is 1. The highest BCUT2D eigenvalue weighted by molar-refractivity contribution is 7.13. The highest BCUT2D eigenvalue weighted by Gasteiger charge is 2.17. The van der Waals surface area contributed by atoms with Crippen LogP contribution in [0.3, 0.4) is 0 Å². The van der Waals surface area contributed by atoms with Crippen molar-refractivity contribution in [1.29, 1.82) is 0 Å².